The Morgan fingerprint density at radius 2 is 2.00 bits per heavy atom. The van der Waals surface area contributed by atoms with Gasteiger partial charge in [0.2, 0.25) is 0 Å². The molecule has 1 saturated heterocycles. The molecule has 1 aliphatic heterocycles. The van der Waals surface area contributed by atoms with Crippen LogP contribution >= 0.6 is 24.0 Å². The standard InChI is InChI=1S/C15H26F3N7.HI/c1-19-14(21-9-13-22-11-23-24(13)2)20-6-3-12-4-7-25(8-5-12)10-15(16,17)18;/h11-12H,3-10H2,1-2H3,(H2,19,20,21);1H. The van der Waals surface area contributed by atoms with Crippen LogP contribution in [-0.4, -0.2) is 65.0 Å². The summed E-state index contributed by atoms with van der Waals surface area (Å²) in [5.74, 6) is 1.94. The number of aliphatic imine (C=N–C) groups is 1. The minimum absolute atomic E-state index is 0. The number of nitrogens with zero attached hydrogens (tertiary/aromatic N) is 5. The summed E-state index contributed by atoms with van der Waals surface area (Å²) in [6.07, 6.45) is -0.0659. The molecule has 2 N–H and O–H groups in total. The van der Waals surface area contributed by atoms with Crippen molar-refractivity contribution in [1.82, 2.24) is 30.3 Å². The largest absolute Gasteiger partial charge is 0.401 e. The van der Waals surface area contributed by atoms with Crippen molar-refractivity contribution in [2.45, 2.75) is 32.0 Å². The molecule has 0 unspecified atom stereocenters. The van der Waals surface area contributed by atoms with Crippen LogP contribution in [0.3, 0.4) is 0 Å². The van der Waals surface area contributed by atoms with Gasteiger partial charge in [-0.1, -0.05) is 0 Å². The highest BCUT2D eigenvalue weighted by molar-refractivity contribution is 14.0. The van der Waals surface area contributed by atoms with Crippen molar-refractivity contribution in [1.29, 1.82) is 0 Å². The Hall–Kier alpha value is -1.11. The van der Waals surface area contributed by atoms with Crippen molar-refractivity contribution >= 4 is 29.9 Å². The molecule has 0 amide bonds. The number of aryl methyl sites for hydroxylation is 1. The van der Waals surface area contributed by atoms with Gasteiger partial charge in [-0.2, -0.15) is 18.3 Å². The summed E-state index contributed by atoms with van der Waals surface area (Å²) in [7, 11) is 3.52. The first-order valence-corrected chi connectivity index (χ1v) is 8.44. The molecule has 0 atom stereocenters. The molecule has 0 aliphatic carbocycles. The predicted molar refractivity (Wildman–Crippen MR) is 104 cm³/mol. The molecule has 0 radical (unpaired) electrons. The fourth-order valence-corrected chi connectivity index (χ4v) is 2.95. The summed E-state index contributed by atoms with van der Waals surface area (Å²) in [6.45, 7) is 1.50. The van der Waals surface area contributed by atoms with Crippen LogP contribution in [0, 0.1) is 5.92 Å². The van der Waals surface area contributed by atoms with E-state index < -0.39 is 12.7 Å². The second-order valence-corrected chi connectivity index (χ2v) is 6.28. The normalized spacial score (nSPS) is 17.0. The summed E-state index contributed by atoms with van der Waals surface area (Å²) in [5.41, 5.74) is 0. The summed E-state index contributed by atoms with van der Waals surface area (Å²) in [6, 6.07) is 0. The van der Waals surface area contributed by atoms with Gasteiger partial charge >= 0.3 is 6.18 Å². The number of likely N-dealkylation sites (tertiary alicyclic amines) is 1. The van der Waals surface area contributed by atoms with Crippen molar-refractivity contribution in [2.75, 3.05) is 33.2 Å². The number of hydrogen-bond donors (Lipinski definition) is 2. The molecule has 1 aromatic rings. The van der Waals surface area contributed by atoms with Crippen LogP contribution in [0.25, 0.3) is 0 Å². The molecule has 2 heterocycles. The van der Waals surface area contributed by atoms with Crippen molar-refractivity contribution in [3.05, 3.63) is 12.2 Å². The summed E-state index contributed by atoms with van der Waals surface area (Å²) < 4.78 is 38.8. The molecule has 1 aromatic heterocycles. The maximum absolute atomic E-state index is 12.4. The van der Waals surface area contributed by atoms with Crippen LogP contribution in [0.1, 0.15) is 25.1 Å². The molecule has 26 heavy (non-hydrogen) atoms. The number of guanidine groups is 1. The van der Waals surface area contributed by atoms with Gasteiger partial charge in [0.15, 0.2) is 5.96 Å². The van der Waals surface area contributed by atoms with E-state index in [1.165, 1.54) is 11.2 Å². The smallest absolute Gasteiger partial charge is 0.356 e. The van der Waals surface area contributed by atoms with Crippen LogP contribution < -0.4 is 10.6 Å². The third kappa shape index (κ3) is 8.06. The van der Waals surface area contributed by atoms with Gasteiger partial charge in [0.05, 0.1) is 13.1 Å². The van der Waals surface area contributed by atoms with Crippen molar-refractivity contribution in [3.8, 4) is 0 Å². The molecule has 1 aliphatic rings. The fourth-order valence-electron chi connectivity index (χ4n) is 2.95. The Morgan fingerprint density at radius 3 is 2.54 bits per heavy atom. The van der Waals surface area contributed by atoms with Gasteiger partial charge < -0.3 is 10.6 Å². The Bertz CT molecular complexity index is 554. The molecule has 0 bridgehead atoms. The van der Waals surface area contributed by atoms with Crippen LogP contribution in [-0.2, 0) is 13.6 Å². The lowest BCUT2D eigenvalue weighted by atomic mass is 9.93. The highest BCUT2D eigenvalue weighted by atomic mass is 127. The van der Waals surface area contributed by atoms with E-state index in [4.69, 9.17) is 0 Å². The van der Waals surface area contributed by atoms with Gasteiger partial charge in [-0.05, 0) is 38.3 Å². The van der Waals surface area contributed by atoms with Gasteiger partial charge in [-0.15, -0.1) is 24.0 Å². The molecule has 150 valence electrons. The SMILES string of the molecule is CN=C(NCCC1CCN(CC(F)(F)F)CC1)NCc1ncnn1C.I. The highest BCUT2D eigenvalue weighted by Crippen LogP contribution is 2.23. The Labute approximate surface area is 168 Å². The van der Waals surface area contributed by atoms with Crippen molar-refractivity contribution in [3.63, 3.8) is 0 Å². The summed E-state index contributed by atoms with van der Waals surface area (Å²) in [5, 5.41) is 10.4. The Balaban J connectivity index is 0.00000338. The number of aromatic nitrogens is 3. The first kappa shape index (κ1) is 22.9. The third-order valence-electron chi connectivity index (χ3n) is 4.40. The zero-order valence-electron chi connectivity index (χ0n) is 15.1. The lowest BCUT2D eigenvalue weighted by molar-refractivity contribution is -0.148. The predicted octanol–water partition coefficient (Wildman–Crippen LogP) is 1.76. The second-order valence-electron chi connectivity index (χ2n) is 6.28. The molecule has 0 saturated carbocycles. The van der Waals surface area contributed by atoms with Gasteiger partial charge in [0.1, 0.15) is 12.2 Å². The zero-order valence-corrected chi connectivity index (χ0v) is 17.4. The van der Waals surface area contributed by atoms with Crippen LogP contribution in [0.2, 0.25) is 0 Å². The lowest BCUT2D eigenvalue weighted by Gasteiger charge is -2.32. The Morgan fingerprint density at radius 1 is 1.31 bits per heavy atom. The average Bonchev–Trinajstić information content (AvgIpc) is 2.96. The van der Waals surface area contributed by atoms with E-state index in [2.05, 4.69) is 25.7 Å². The maximum Gasteiger partial charge on any atom is 0.401 e. The molecular formula is C15H27F3IN7. The monoisotopic (exact) mass is 489 g/mol. The number of piperidine rings is 1. The molecular weight excluding hydrogens is 462 g/mol. The fraction of sp³-hybridized carbons (Fsp3) is 0.800. The summed E-state index contributed by atoms with van der Waals surface area (Å²) in [4.78, 5) is 9.78. The van der Waals surface area contributed by atoms with Crippen molar-refractivity contribution < 1.29 is 13.2 Å². The molecule has 0 spiro atoms. The highest BCUT2D eigenvalue weighted by Gasteiger charge is 2.32. The molecule has 1 fully saturated rings. The Kier molecular flexibility index (Phi) is 9.61. The molecule has 0 aromatic carbocycles. The number of nitrogens with one attached hydrogen (secondary N) is 2. The minimum atomic E-state index is -4.10. The second kappa shape index (κ2) is 10.9. The quantitative estimate of drug-likeness (QED) is 0.362. The van der Waals surface area contributed by atoms with E-state index in [1.54, 1.807) is 11.7 Å². The van der Waals surface area contributed by atoms with Gasteiger partial charge in [-0.25, -0.2) is 4.98 Å². The van der Waals surface area contributed by atoms with E-state index in [-0.39, 0.29) is 24.0 Å². The molecule has 2 rings (SSSR count). The molecule has 11 heteroatoms. The van der Waals surface area contributed by atoms with Crippen LogP contribution in [0.15, 0.2) is 11.3 Å². The average molecular weight is 489 g/mol. The van der Waals surface area contributed by atoms with E-state index >= 15 is 0 Å². The first-order valence-electron chi connectivity index (χ1n) is 8.44. The first-order chi connectivity index (χ1) is 11.9. The van der Waals surface area contributed by atoms with E-state index in [0.717, 1.165) is 31.6 Å². The van der Waals surface area contributed by atoms with E-state index in [1.807, 2.05) is 7.05 Å². The lowest BCUT2D eigenvalue weighted by Crippen LogP contribution is -2.41. The topological polar surface area (TPSA) is 70.4 Å². The minimum Gasteiger partial charge on any atom is -0.356 e. The number of halogens is 4. The molecule has 7 nitrogen and oxygen atoms in total. The van der Waals surface area contributed by atoms with Crippen LogP contribution in [0.5, 0.6) is 0 Å². The van der Waals surface area contributed by atoms with Gasteiger partial charge in [0.25, 0.3) is 0 Å². The van der Waals surface area contributed by atoms with E-state index in [9.17, 15) is 13.2 Å². The maximum atomic E-state index is 12.4. The van der Waals surface area contributed by atoms with Gasteiger partial charge in [-0.3, -0.25) is 14.6 Å². The summed E-state index contributed by atoms with van der Waals surface area (Å²) >= 11 is 0. The van der Waals surface area contributed by atoms with Crippen molar-refractivity contribution in [2.24, 2.45) is 18.0 Å². The zero-order chi connectivity index (χ0) is 18.3. The number of alkyl halides is 3. The van der Waals surface area contributed by atoms with Crippen LogP contribution in [0.4, 0.5) is 13.2 Å². The van der Waals surface area contributed by atoms with Gasteiger partial charge in [0, 0.05) is 20.6 Å². The third-order valence-corrected chi connectivity index (χ3v) is 4.40. The van der Waals surface area contributed by atoms with E-state index in [0.29, 0.717) is 31.5 Å². The number of rotatable bonds is 6. The number of hydrogen-bond acceptors (Lipinski definition) is 4.